The molecule has 2 aliphatic rings. The Bertz CT molecular complexity index is 618. The maximum Gasteiger partial charge on any atom is 0.319 e. The number of nitrogens with zero attached hydrogens (tertiary/aromatic N) is 1. The third-order valence-electron chi connectivity index (χ3n) is 4.94. The van der Waals surface area contributed by atoms with Gasteiger partial charge < -0.3 is 15.5 Å². The van der Waals surface area contributed by atoms with Crippen LogP contribution in [-0.4, -0.2) is 42.9 Å². The van der Waals surface area contributed by atoms with Gasteiger partial charge in [-0.15, -0.1) is 0 Å². The number of nitrogens with one attached hydrogen (secondary N) is 2. The molecule has 5 nitrogen and oxygen atoms in total. The van der Waals surface area contributed by atoms with Crippen LogP contribution in [0.3, 0.4) is 0 Å². The molecule has 1 aliphatic carbocycles. The van der Waals surface area contributed by atoms with E-state index in [4.69, 9.17) is 0 Å². The number of hydrogen-bond acceptors (Lipinski definition) is 3. The van der Waals surface area contributed by atoms with Crippen LogP contribution >= 0.6 is 0 Å². The van der Waals surface area contributed by atoms with Gasteiger partial charge in [0.2, 0.25) is 0 Å². The van der Waals surface area contributed by atoms with Crippen LogP contribution < -0.4 is 10.6 Å². The van der Waals surface area contributed by atoms with Crippen molar-refractivity contribution < 1.29 is 14.0 Å². The summed E-state index contributed by atoms with van der Waals surface area (Å²) in [5.74, 6) is 0.771. The van der Waals surface area contributed by atoms with Gasteiger partial charge in [0.05, 0.1) is 0 Å². The van der Waals surface area contributed by atoms with Gasteiger partial charge in [-0.25, -0.2) is 9.18 Å². The highest BCUT2D eigenvalue weighted by Crippen LogP contribution is 2.31. The molecule has 1 saturated carbocycles. The first-order valence-corrected chi connectivity index (χ1v) is 9.15. The van der Waals surface area contributed by atoms with Gasteiger partial charge in [-0.1, -0.05) is 6.07 Å². The lowest BCUT2D eigenvalue weighted by Crippen LogP contribution is -2.42. The first-order chi connectivity index (χ1) is 12.1. The van der Waals surface area contributed by atoms with E-state index < -0.39 is 0 Å². The molecule has 2 fully saturated rings. The van der Waals surface area contributed by atoms with Crippen LogP contribution in [0.1, 0.15) is 32.1 Å². The molecule has 6 heteroatoms. The standard InChI is InChI=1S/C19H26FN3O2/c20-16-4-1-5-17(11-16)22-19(25)21-12-14-3-2-9-23(13-14)10-8-18(24)15-6-7-15/h1,4-5,11,14-15H,2-3,6-10,12-13H2,(H2,21,22,25)/t14-/m0/s1. The fourth-order valence-corrected chi connectivity index (χ4v) is 3.38. The smallest absolute Gasteiger partial charge is 0.319 e. The molecule has 0 bridgehead atoms. The fraction of sp³-hybridized carbons (Fsp3) is 0.579. The largest absolute Gasteiger partial charge is 0.338 e. The number of likely N-dealkylation sites (tertiary alicyclic amines) is 1. The number of hydrogen-bond donors (Lipinski definition) is 2. The number of urea groups is 1. The summed E-state index contributed by atoms with van der Waals surface area (Å²) in [5, 5.41) is 5.51. The number of ketones is 1. The highest BCUT2D eigenvalue weighted by atomic mass is 19.1. The second-order valence-corrected chi connectivity index (χ2v) is 7.14. The van der Waals surface area contributed by atoms with Crippen LogP contribution in [0.2, 0.25) is 0 Å². The lowest BCUT2D eigenvalue weighted by molar-refractivity contribution is -0.120. The average molecular weight is 347 g/mol. The first-order valence-electron chi connectivity index (χ1n) is 9.15. The van der Waals surface area contributed by atoms with Gasteiger partial charge >= 0.3 is 6.03 Å². The van der Waals surface area contributed by atoms with E-state index in [2.05, 4.69) is 15.5 Å². The third kappa shape index (κ3) is 5.81. The van der Waals surface area contributed by atoms with Crippen LogP contribution in [0.4, 0.5) is 14.9 Å². The second kappa shape index (κ2) is 8.43. The predicted octanol–water partition coefficient (Wildman–Crippen LogP) is 3.03. The Kier molecular flexibility index (Phi) is 6.02. The van der Waals surface area contributed by atoms with Gasteiger partial charge in [-0.3, -0.25) is 4.79 Å². The van der Waals surface area contributed by atoms with E-state index >= 15 is 0 Å². The molecule has 1 aromatic rings. The summed E-state index contributed by atoms with van der Waals surface area (Å²) in [6, 6.07) is 5.54. The van der Waals surface area contributed by atoms with Crippen LogP contribution in [0.5, 0.6) is 0 Å². The van der Waals surface area contributed by atoms with E-state index in [1.165, 1.54) is 12.1 Å². The quantitative estimate of drug-likeness (QED) is 0.797. The molecule has 0 radical (unpaired) electrons. The minimum Gasteiger partial charge on any atom is -0.338 e. The minimum absolute atomic E-state index is 0.313. The highest BCUT2D eigenvalue weighted by molar-refractivity contribution is 5.89. The van der Waals surface area contributed by atoms with Crippen molar-refractivity contribution in [3.8, 4) is 0 Å². The van der Waals surface area contributed by atoms with Gasteiger partial charge in [0, 0.05) is 37.7 Å². The Balaban J connectivity index is 1.37. The summed E-state index contributed by atoms with van der Waals surface area (Å²) in [5.41, 5.74) is 0.446. The zero-order chi connectivity index (χ0) is 17.6. The number of Topliss-reactive ketones (excluding diaryl/α,β-unsaturated/α-hetero) is 1. The Morgan fingerprint density at radius 1 is 1.24 bits per heavy atom. The predicted molar refractivity (Wildman–Crippen MR) is 94.9 cm³/mol. The molecule has 1 heterocycles. The van der Waals surface area contributed by atoms with Gasteiger partial charge in [0.1, 0.15) is 11.6 Å². The Hall–Kier alpha value is -1.95. The fourth-order valence-electron chi connectivity index (χ4n) is 3.38. The molecule has 2 N–H and O–H groups in total. The van der Waals surface area contributed by atoms with Crippen molar-refractivity contribution in [2.24, 2.45) is 11.8 Å². The molecule has 0 unspecified atom stereocenters. The van der Waals surface area contributed by atoms with Crippen molar-refractivity contribution in [3.05, 3.63) is 30.1 Å². The van der Waals surface area contributed by atoms with Crippen molar-refractivity contribution >= 4 is 17.5 Å². The Morgan fingerprint density at radius 2 is 2.08 bits per heavy atom. The third-order valence-corrected chi connectivity index (χ3v) is 4.94. The monoisotopic (exact) mass is 347 g/mol. The molecule has 1 aliphatic heterocycles. The molecule has 0 aromatic heterocycles. The van der Waals surface area contributed by atoms with Crippen molar-refractivity contribution in [2.45, 2.75) is 32.1 Å². The molecule has 1 aromatic carbocycles. The molecule has 0 spiro atoms. The lowest BCUT2D eigenvalue weighted by atomic mass is 9.97. The van der Waals surface area contributed by atoms with E-state index in [0.29, 0.717) is 36.3 Å². The number of benzene rings is 1. The summed E-state index contributed by atoms with van der Waals surface area (Å²) in [7, 11) is 0. The maximum absolute atomic E-state index is 13.1. The Labute approximate surface area is 148 Å². The molecular weight excluding hydrogens is 321 g/mol. The van der Waals surface area contributed by atoms with Gasteiger partial charge in [0.25, 0.3) is 0 Å². The van der Waals surface area contributed by atoms with Gasteiger partial charge in [-0.2, -0.15) is 0 Å². The zero-order valence-corrected chi connectivity index (χ0v) is 14.5. The molecule has 3 rings (SSSR count). The summed E-state index contributed by atoms with van der Waals surface area (Å²) in [6.07, 6.45) is 4.98. The summed E-state index contributed by atoms with van der Waals surface area (Å²) < 4.78 is 13.1. The number of piperidine rings is 1. The normalized spacial score (nSPS) is 20.9. The number of amides is 2. The molecular formula is C19H26FN3O2. The molecule has 1 saturated heterocycles. The van der Waals surface area contributed by atoms with E-state index in [1.54, 1.807) is 12.1 Å². The Morgan fingerprint density at radius 3 is 2.84 bits per heavy atom. The van der Waals surface area contributed by atoms with Crippen molar-refractivity contribution in [3.63, 3.8) is 0 Å². The van der Waals surface area contributed by atoms with Gasteiger partial charge in [-0.05, 0) is 56.3 Å². The number of anilines is 1. The molecule has 2 amide bonds. The van der Waals surface area contributed by atoms with E-state index in [-0.39, 0.29) is 11.8 Å². The number of carbonyl (C=O) groups excluding carboxylic acids is 2. The van der Waals surface area contributed by atoms with E-state index in [1.807, 2.05) is 0 Å². The molecule has 136 valence electrons. The van der Waals surface area contributed by atoms with Crippen LogP contribution in [0.15, 0.2) is 24.3 Å². The van der Waals surface area contributed by atoms with Crippen LogP contribution in [0.25, 0.3) is 0 Å². The summed E-state index contributed by atoms with van der Waals surface area (Å²) >= 11 is 0. The molecule has 25 heavy (non-hydrogen) atoms. The number of halogens is 1. The zero-order valence-electron chi connectivity index (χ0n) is 14.5. The summed E-state index contributed by atoms with van der Waals surface area (Å²) in [4.78, 5) is 26.1. The second-order valence-electron chi connectivity index (χ2n) is 7.14. The van der Waals surface area contributed by atoms with Gasteiger partial charge in [0.15, 0.2) is 0 Å². The minimum atomic E-state index is -0.374. The van der Waals surface area contributed by atoms with E-state index in [0.717, 1.165) is 45.3 Å². The van der Waals surface area contributed by atoms with Crippen molar-refractivity contribution in [1.82, 2.24) is 10.2 Å². The SMILES string of the molecule is O=C(NC[C@@H]1CCCN(CCC(=O)C2CC2)C1)Nc1cccc(F)c1. The van der Waals surface area contributed by atoms with Crippen LogP contribution in [-0.2, 0) is 4.79 Å². The number of rotatable bonds is 7. The first kappa shape index (κ1) is 17.9. The highest BCUT2D eigenvalue weighted by Gasteiger charge is 2.29. The van der Waals surface area contributed by atoms with E-state index in [9.17, 15) is 14.0 Å². The topological polar surface area (TPSA) is 61.4 Å². The van der Waals surface area contributed by atoms with Crippen molar-refractivity contribution in [2.75, 3.05) is 31.5 Å². The lowest BCUT2D eigenvalue weighted by Gasteiger charge is -2.32. The number of carbonyl (C=O) groups is 2. The average Bonchev–Trinajstić information content (AvgIpc) is 3.43. The van der Waals surface area contributed by atoms with Crippen molar-refractivity contribution in [1.29, 1.82) is 0 Å². The molecule has 1 atom stereocenters. The maximum atomic E-state index is 13.1. The van der Waals surface area contributed by atoms with Crippen LogP contribution in [0, 0.1) is 17.7 Å². The summed E-state index contributed by atoms with van der Waals surface area (Å²) in [6.45, 7) is 3.37.